The summed E-state index contributed by atoms with van der Waals surface area (Å²) in [6, 6.07) is 10.2. The van der Waals surface area contributed by atoms with Crippen molar-refractivity contribution in [2.45, 2.75) is 32.4 Å². The van der Waals surface area contributed by atoms with Crippen LogP contribution in [0.1, 0.15) is 24.1 Å². The lowest BCUT2D eigenvalue weighted by molar-refractivity contribution is 0.153. The Bertz CT molecular complexity index is 611. The van der Waals surface area contributed by atoms with E-state index in [1.165, 1.54) is 0 Å². The van der Waals surface area contributed by atoms with Crippen LogP contribution in [-0.4, -0.2) is 39.0 Å². The molecule has 1 aromatic carbocycles. The Balaban J connectivity index is 1.88. The van der Waals surface area contributed by atoms with Crippen LogP contribution in [0.4, 0.5) is 0 Å². The monoisotopic (exact) mass is 305 g/mol. The van der Waals surface area contributed by atoms with E-state index in [0.29, 0.717) is 5.15 Å². The zero-order valence-electron chi connectivity index (χ0n) is 12.2. The first-order valence-corrected chi connectivity index (χ1v) is 7.73. The molecular weight excluding hydrogens is 286 g/mol. The van der Waals surface area contributed by atoms with Gasteiger partial charge in [0.2, 0.25) is 0 Å². The van der Waals surface area contributed by atoms with E-state index in [4.69, 9.17) is 11.6 Å². The molecule has 2 heterocycles. The SMILES string of the molecule is Cc1nn(-c2ccccc2)c(Cl)c1CN1CCC[C@@H]1CO. The Morgan fingerprint density at radius 1 is 1.33 bits per heavy atom. The van der Waals surface area contributed by atoms with Gasteiger partial charge in [0.05, 0.1) is 18.0 Å². The molecule has 0 amide bonds. The highest BCUT2D eigenvalue weighted by molar-refractivity contribution is 6.30. The molecule has 2 aromatic rings. The molecule has 0 aliphatic carbocycles. The highest BCUT2D eigenvalue weighted by atomic mass is 35.5. The molecule has 3 rings (SSSR count). The van der Waals surface area contributed by atoms with Gasteiger partial charge in [-0.25, -0.2) is 4.68 Å². The standard InChI is InChI=1S/C16H20ClN3O/c1-12-15(10-19-9-5-8-14(19)11-21)16(17)20(18-12)13-6-3-2-4-7-13/h2-4,6-7,14,21H,5,8-11H2,1H3/t14-/m1/s1. The predicted molar refractivity (Wildman–Crippen MR) is 83.8 cm³/mol. The van der Waals surface area contributed by atoms with Crippen molar-refractivity contribution < 1.29 is 5.11 Å². The van der Waals surface area contributed by atoms with Crippen molar-refractivity contribution in [3.8, 4) is 5.69 Å². The predicted octanol–water partition coefficient (Wildman–Crippen LogP) is 2.79. The normalized spacial score (nSPS) is 19.3. The molecule has 1 aromatic heterocycles. The number of aliphatic hydroxyl groups excluding tert-OH is 1. The Labute approximate surface area is 130 Å². The van der Waals surface area contributed by atoms with Gasteiger partial charge in [0, 0.05) is 18.2 Å². The largest absolute Gasteiger partial charge is 0.395 e. The van der Waals surface area contributed by atoms with Crippen molar-refractivity contribution in [1.82, 2.24) is 14.7 Å². The van der Waals surface area contributed by atoms with E-state index < -0.39 is 0 Å². The summed E-state index contributed by atoms with van der Waals surface area (Å²) in [5, 5.41) is 14.7. The Morgan fingerprint density at radius 2 is 2.10 bits per heavy atom. The molecule has 21 heavy (non-hydrogen) atoms. The van der Waals surface area contributed by atoms with E-state index in [9.17, 15) is 5.11 Å². The molecule has 1 fully saturated rings. The van der Waals surface area contributed by atoms with E-state index in [1.807, 2.05) is 37.3 Å². The van der Waals surface area contributed by atoms with Gasteiger partial charge in [-0.2, -0.15) is 5.10 Å². The number of aliphatic hydroxyl groups is 1. The fraction of sp³-hybridized carbons (Fsp3) is 0.438. The fourth-order valence-corrected chi connectivity index (χ4v) is 3.30. The molecule has 1 aliphatic heterocycles. The van der Waals surface area contributed by atoms with Crippen molar-refractivity contribution in [3.63, 3.8) is 0 Å². The van der Waals surface area contributed by atoms with Crippen molar-refractivity contribution in [1.29, 1.82) is 0 Å². The van der Waals surface area contributed by atoms with Crippen LogP contribution in [0.2, 0.25) is 5.15 Å². The average Bonchev–Trinajstić information content (AvgIpc) is 3.07. The number of para-hydroxylation sites is 1. The number of likely N-dealkylation sites (tertiary alicyclic amines) is 1. The van der Waals surface area contributed by atoms with Crippen molar-refractivity contribution in [2.24, 2.45) is 0 Å². The summed E-state index contributed by atoms with van der Waals surface area (Å²) in [7, 11) is 0. The smallest absolute Gasteiger partial charge is 0.137 e. The summed E-state index contributed by atoms with van der Waals surface area (Å²) in [6.07, 6.45) is 2.19. The molecule has 1 aliphatic rings. The average molecular weight is 306 g/mol. The van der Waals surface area contributed by atoms with Gasteiger partial charge in [0.15, 0.2) is 0 Å². The second-order valence-electron chi connectivity index (χ2n) is 5.55. The third kappa shape index (κ3) is 2.84. The zero-order chi connectivity index (χ0) is 14.8. The number of rotatable bonds is 4. The molecule has 1 saturated heterocycles. The quantitative estimate of drug-likeness (QED) is 0.944. The summed E-state index contributed by atoms with van der Waals surface area (Å²) < 4.78 is 1.79. The van der Waals surface area contributed by atoms with Crippen molar-refractivity contribution in [2.75, 3.05) is 13.2 Å². The number of nitrogens with zero attached hydrogens (tertiary/aromatic N) is 3. The van der Waals surface area contributed by atoms with E-state index in [-0.39, 0.29) is 12.6 Å². The number of hydrogen-bond acceptors (Lipinski definition) is 3. The zero-order valence-corrected chi connectivity index (χ0v) is 12.9. The lowest BCUT2D eigenvalue weighted by Gasteiger charge is -2.22. The minimum atomic E-state index is 0.212. The summed E-state index contributed by atoms with van der Waals surface area (Å²) >= 11 is 6.54. The maximum absolute atomic E-state index is 9.44. The van der Waals surface area contributed by atoms with Gasteiger partial charge in [-0.15, -0.1) is 0 Å². The molecule has 0 unspecified atom stereocenters. The molecule has 0 radical (unpaired) electrons. The molecular formula is C16H20ClN3O. The van der Waals surface area contributed by atoms with Crippen LogP contribution >= 0.6 is 11.6 Å². The van der Waals surface area contributed by atoms with Crippen LogP contribution < -0.4 is 0 Å². The molecule has 4 nitrogen and oxygen atoms in total. The van der Waals surface area contributed by atoms with Gasteiger partial charge in [-0.1, -0.05) is 29.8 Å². The fourth-order valence-electron chi connectivity index (χ4n) is 2.96. The lowest BCUT2D eigenvalue weighted by atomic mass is 10.2. The van der Waals surface area contributed by atoms with E-state index in [0.717, 1.165) is 42.9 Å². The minimum absolute atomic E-state index is 0.212. The Hall–Kier alpha value is -1.36. The summed E-state index contributed by atoms with van der Waals surface area (Å²) in [5.41, 5.74) is 2.98. The van der Waals surface area contributed by atoms with Crippen LogP contribution in [0.5, 0.6) is 0 Å². The molecule has 112 valence electrons. The maximum Gasteiger partial charge on any atom is 0.137 e. The Morgan fingerprint density at radius 3 is 2.81 bits per heavy atom. The number of halogens is 1. The van der Waals surface area contributed by atoms with Crippen LogP contribution in [0.3, 0.4) is 0 Å². The van der Waals surface area contributed by atoms with Gasteiger partial charge < -0.3 is 5.11 Å². The van der Waals surface area contributed by atoms with Gasteiger partial charge in [-0.05, 0) is 38.4 Å². The topological polar surface area (TPSA) is 41.3 Å². The van der Waals surface area contributed by atoms with Gasteiger partial charge >= 0.3 is 0 Å². The second kappa shape index (κ2) is 6.18. The van der Waals surface area contributed by atoms with Crippen molar-refractivity contribution >= 4 is 11.6 Å². The molecule has 1 atom stereocenters. The number of benzene rings is 1. The maximum atomic E-state index is 9.44. The molecule has 0 spiro atoms. The summed E-state index contributed by atoms with van der Waals surface area (Å²) in [5.74, 6) is 0. The lowest BCUT2D eigenvalue weighted by Crippen LogP contribution is -2.31. The summed E-state index contributed by atoms with van der Waals surface area (Å²) in [6.45, 7) is 3.97. The van der Waals surface area contributed by atoms with Crippen molar-refractivity contribution in [3.05, 3.63) is 46.7 Å². The van der Waals surface area contributed by atoms with E-state index >= 15 is 0 Å². The molecule has 1 N–H and O–H groups in total. The van der Waals surface area contributed by atoms with Gasteiger partial charge in [0.25, 0.3) is 0 Å². The first-order valence-electron chi connectivity index (χ1n) is 7.35. The summed E-state index contributed by atoms with van der Waals surface area (Å²) in [4.78, 5) is 2.30. The van der Waals surface area contributed by atoms with Crippen LogP contribution in [0.25, 0.3) is 5.69 Å². The van der Waals surface area contributed by atoms with Gasteiger partial charge in [-0.3, -0.25) is 4.90 Å². The molecule has 5 heteroatoms. The number of hydrogen-bond donors (Lipinski definition) is 1. The number of aromatic nitrogens is 2. The third-order valence-electron chi connectivity index (χ3n) is 4.19. The van der Waals surface area contributed by atoms with Crippen LogP contribution in [-0.2, 0) is 6.54 Å². The highest BCUT2D eigenvalue weighted by Gasteiger charge is 2.26. The molecule has 0 bridgehead atoms. The van der Waals surface area contributed by atoms with E-state index in [1.54, 1.807) is 4.68 Å². The highest BCUT2D eigenvalue weighted by Crippen LogP contribution is 2.27. The molecule has 0 saturated carbocycles. The van der Waals surface area contributed by atoms with E-state index in [2.05, 4.69) is 10.00 Å². The minimum Gasteiger partial charge on any atom is -0.395 e. The second-order valence-corrected chi connectivity index (χ2v) is 5.91. The third-order valence-corrected chi connectivity index (χ3v) is 4.58. The van der Waals surface area contributed by atoms with Gasteiger partial charge in [0.1, 0.15) is 5.15 Å². The first kappa shape index (κ1) is 14.6. The van der Waals surface area contributed by atoms with Crippen LogP contribution in [0.15, 0.2) is 30.3 Å². The number of aryl methyl sites for hydroxylation is 1. The Kier molecular flexibility index (Phi) is 4.29. The first-order chi connectivity index (χ1) is 10.2. The van der Waals surface area contributed by atoms with Crippen LogP contribution in [0, 0.1) is 6.92 Å².